The van der Waals surface area contributed by atoms with E-state index in [-0.39, 0.29) is 0 Å². The Hall–Kier alpha value is -1.02. The van der Waals surface area contributed by atoms with Crippen LogP contribution in [0.4, 0.5) is 0 Å². The lowest BCUT2D eigenvalue weighted by Gasteiger charge is -1.82. The zero-order valence-electron chi connectivity index (χ0n) is 7.07. The molecule has 1 aliphatic rings. The van der Waals surface area contributed by atoms with Crippen LogP contribution in [-0.4, -0.2) is 18.3 Å². The molecular formula is C10H14O2. The summed E-state index contributed by atoms with van der Waals surface area (Å²) in [7, 11) is 0. The van der Waals surface area contributed by atoms with Gasteiger partial charge in [0.2, 0.25) is 0 Å². The summed E-state index contributed by atoms with van der Waals surface area (Å²) >= 11 is 0. The number of hydrogen-bond donors (Lipinski definition) is 1. The van der Waals surface area contributed by atoms with Gasteiger partial charge in [-0.25, -0.2) is 0 Å². The van der Waals surface area contributed by atoms with Gasteiger partial charge in [0, 0.05) is 13.2 Å². The standard InChI is InChI=1S/C6H6O.C4H8O/c7-6-4-2-1-3-5-6;1-2-4-5-3-1/h1-5,7H;1-4H2. The highest BCUT2D eigenvalue weighted by Gasteiger charge is 1.94. The summed E-state index contributed by atoms with van der Waals surface area (Å²) in [5.74, 6) is 0.322. The lowest BCUT2D eigenvalue weighted by Crippen LogP contribution is -1.74. The molecule has 1 heterocycles. The van der Waals surface area contributed by atoms with Crippen LogP contribution in [0.5, 0.6) is 5.75 Å². The molecule has 1 aromatic carbocycles. The molecule has 0 aromatic heterocycles. The van der Waals surface area contributed by atoms with Crippen molar-refractivity contribution in [3.63, 3.8) is 0 Å². The number of hydrogen-bond acceptors (Lipinski definition) is 2. The average molecular weight is 166 g/mol. The van der Waals surface area contributed by atoms with Gasteiger partial charge >= 0.3 is 0 Å². The third kappa shape index (κ3) is 3.98. The van der Waals surface area contributed by atoms with Crippen LogP contribution < -0.4 is 0 Å². The number of para-hydroxylation sites is 1. The van der Waals surface area contributed by atoms with E-state index in [0.717, 1.165) is 13.2 Å². The summed E-state index contributed by atoms with van der Waals surface area (Å²) < 4.78 is 4.94. The van der Waals surface area contributed by atoms with Crippen LogP contribution in [0, 0.1) is 0 Å². The SMILES string of the molecule is C1CCOC1.Oc1ccccc1. The highest BCUT2D eigenvalue weighted by molar-refractivity contribution is 5.18. The molecule has 0 atom stereocenters. The van der Waals surface area contributed by atoms with E-state index < -0.39 is 0 Å². The molecular weight excluding hydrogens is 152 g/mol. The van der Waals surface area contributed by atoms with E-state index in [9.17, 15) is 0 Å². The monoisotopic (exact) mass is 166 g/mol. The summed E-state index contributed by atoms with van der Waals surface area (Å²) in [4.78, 5) is 0. The van der Waals surface area contributed by atoms with E-state index in [1.807, 2.05) is 6.07 Å². The van der Waals surface area contributed by atoms with Gasteiger partial charge in [-0.1, -0.05) is 18.2 Å². The largest absolute Gasteiger partial charge is 0.508 e. The molecule has 12 heavy (non-hydrogen) atoms. The van der Waals surface area contributed by atoms with E-state index in [2.05, 4.69) is 0 Å². The van der Waals surface area contributed by atoms with Gasteiger partial charge in [0.05, 0.1) is 0 Å². The van der Waals surface area contributed by atoms with Gasteiger partial charge in [0.15, 0.2) is 0 Å². The average Bonchev–Trinajstić information content (AvgIpc) is 2.62. The number of ether oxygens (including phenoxy) is 1. The van der Waals surface area contributed by atoms with E-state index in [1.165, 1.54) is 12.8 Å². The minimum Gasteiger partial charge on any atom is -0.508 e. The molecule has 1 N–H and O–H groups in total. The second kappa shape index (κ2) is 5.61. The highest BCUT2D eigenvalue weighted by Crippen LogP contribution is 2.02. The van der Waals surface area contributed by atoms with Crippen molar-refractivity contribution in [3.05, 3.63) is 30.3 Å². The van der Waals surface area contributed by atoms with E-state index in [1.54, 1.807) is 24.3 Å². The predicted molar refractivity (Wildman–Crippen MR) is 48.2 cm³/mol. The minimum atomic E-state index is 0.322. The molecule has 0 spiro atoms. The Bertz CT molecular complexity index is 185. The molecule has 0 bridgehead atoms. The van der Waals surface area contributed by atoms with Crippen molar-refractivity contribution in [1.82, 2.24) is 0 Å². The van der Waals surface area contributed by atoms with Crippen molar-refractivity contribution in [3.8, 4) is 5.75 Å². The summed E-state index contributed by atoms with van der Waals surface area (Å²) in [6.45, 7) is 2.00. The summed E-state index contributed by atoms with van der Waals surface area (Å²) in [5, 5.41) is 8.63. The van der Waals surface area contributed by atoms with E-state index >= 15 is 0 Å². The van der Waals surface area contributed by atoms with Gasteiger partial charge < -0.3 is 9.84 Å². The number of rotatable bonds is 0. The minimum absolute atomic E-state index is 0.322. The first-order valence-corrected chi connectivity index (χ1v) is 4.21. The maximum atomic E-state index is 8.63. The smallest absolute Gasteiger partial charge is 0.115 e. The van der Waals surface area contributed by atoms with Gasteiger partial charge in [0.1, 0.15) is 5.75 Å². The van der Waals surface area contributed by atoms with Crippen LogP contribution in [0.25, 0.3) is 0 Å². The second-order valence-electron chi connectivity index (χ2n) is 2.66. The Morgan fingerprint density at radius 3 is 1.83 bits per heavy atom. The molecule has 2 rings (SSSR count). The predicted octanol–water partition coefficient (Wildman–Crippen LogP) is 2.19. The molecule has 0 saturated carbocycles. The Morgan fingerprint density at radius 2 is 1.58 bits per heavy atom. The Labute approximate surface area is 72.8 Å². The van der Waals surface area contributed by atoms with Crippen LogP contribution in [0.2, 0.25) is 0 Å². The first kappa shape index (κ1) is 9.07. The maximum absolute atomic E-state index is 8.63. The maximum Gasteiger partial charge on any atom is 0.115 e. The van der Waals surface area contributed by atoms with Crippen LogP contribution in [-0.2, 0) is 4.74 Å². The van der Waals surface area contributed by atoms with Gasteiger partial charge in [-0.3, -0.25) is 0 Å². The van der Waals surface area contributed by atoms with Crippen molar-refractivity contribution in [2.75, 3.05) is 13.2 Å². The van der Waals surface area contributed by atoms with E-state index in [0.29, 0.717) is 5.75 Å². The summed E-state index contributed by atoms with van der Waals surface area (Å²) in [6.07, 6.45) is 2.56. The van der Waals surface area contributed by atoms with Crippen LogP contribution in [0.15, 0.2) is 30.3 Å². The molecule has 66 valence electrons. The molecule has 0 radical (unpaired) electrons. The number of benzene rings is 1. The molecule has 0 aliphatic carbocycles. The number of phenols is 1. The fraction of sp³-hybridized carbons (Fsp3) is 0.400. The van der Waals surface area contributed by atoms with Crippen molar-refractivity contribution in [2.45, 2.75) is 12.8 Å². The molecule has 2 nitrogen and oxygen atoms in total. The molecule has 2 heteroatoms. The quantitative estimate of drug-likeness (QED) is 0.640. The first-order chi connectivity index (χ1) is 5.89. The fourth-order valence-electron chi connectivity index (χ4n) is 0.938. The van der Waals surface area contributed by atoms with Gasteiger partial charge in [0.25, 0.3) is 0 Å². The van der Waals surface area contributed by atoms with Crippen molar-refractivity contribution < 1.29 is 9.84 Å². The third-order valence-electron chi connectivity index (χ3n) is 1.58. The Balaban J connectivity index is 0.000000127. The highest BCUT2D eigenvalue weighted by atomic mass is 16.5. The Kier molecular flexibility index (Phi) is 4.24. The van der Waals surface area contributed by atoms with Crippen molar-refractivity contribution in [2.24, 2.45) is 0 Å². The molecule has 1 aromatic rings. The van der Waals surface area contributed by atoms with Crippen LogP contribution in [0.1, 0.15) is 12.8 Å². The third-order valence-corrected chi connectivity index (χ3v) is 1.58. The fourth-order valence-corrected chi connectivity index (χ4v) is 0.938. The van der Waals surface area contributed by atoms with Gasteiger partial charge in [-0.15, -0.1) is 0 Å². The topological polar surface area (TPSA) is 29.5 Å². The van der Waals surface area contributed by atoms with Gasteiger partial charge in [-0.05, 0) is 25.0 Å². The zero-order chi connectivity index (χ0) is 8.65. The van der Waals surface area contributed by atoms with Gasteiger partial charge in [-0.2, -0.15) is 0 Å². The van der Waals surface area contributed by atoms with Crippen LogP contribution >= 0.6 is 0 Å². The second-order valence-corrected chi connectivity index (χ2v) is 2.66. The lowest BCUT2D eigenvalue weighted by atomic mass is 10.3. The van der Waals surface area contributed by atoms with Crippen LogP contribution in [0.3, 0.4) is 0 Å². The number of phenolic OH excluding ortho intramolecular Hbond substituents is 1. The number of aromatic hydroxyl groups is 1. The molecule has 0 unspecified atom stereocenters. The normalized spacial score (nSPS) is 15.0. The first-order valence-electron chi connectivity index (χ1n) is 4.21. The summed E-state index contributed by atoms with van der Waals surface area (Å²) in [5.41, 5.74) is 0. The van der Waals surface area contributed by atoms with Crippen molar-refractivity contribution in [1.29, 1.82) is 0 Å². The lowest BCUT2D eigenvalue weighted by molar-refractivity contribution is 0.198. The molecule has 1 aliphatic heterocycles. The van der Waals surface area contributed by atoms with E-state index in [4.69, 9.17) is 9.84 Å². The molecule has 1 fully saturated rings. The Morgan fingerprint density at radius 1 is 1.00 bits per heavy atom. The summed E-state index contributed by atoms with van der Waals surface area (Å²) in [6, 6.07) is 8.71. The zero-order valence-corrected chi connectivity index (χ0v) is 7.07. The van der Waals surface area contributed by atoms with Crippen molar-refractivity contribution >= 4 is 0 Å². The molecule has 0 amide bonds. The molecule has 1 saturated heterocycles.